The predicted octanol–water partition coefficient (Wildman–Crippen LogP) is 4.27. The lowest BCUT2D eigenvalue weighted by molar-refractivity contribution is -0.381. The summed E-state index contributed by atoms with van der Waals surface area (Å²) < 4.78 is 75.6. The fourth-order valence-corrected chi connectivity index (χ4v) is 2.61. The summed E-state index contributed by atoms with van der Waals surface area (Å²) >= 11 is 0.828. The standard InChI is InChI=1S/C12H12F6OS/c1-8(7-20-9-5-3-2-4-6-9)10(19,11(13,14)15)12(16,17)18/h2-6,8,19H,7H2,1H3. The number of alkyl halides is 6. The number of rotatable bonds is 4. The van der Waals surface area contributed by atoms with Gasteiger partial charge in [-0.05, 0) is 12.1 Å². The Morgan fingerprint density at radius 1 is 1.00 bits per heavy atom. The van der Waals surface area contributed by atoms with Gasteiger partial charge in [-0.1, -0.05) is 25.1 Å². The van der Waals surface area contributed by atoms with Crippen molar-refractivity contribution in [1.82, 2.24) is 0 Å². The second-order valence-electron chi connectivity index (χ2n) is 4.29. The van der Waals surface area contributed by atoms with Gasteiger partial charge in [0.1, 0.15) is 0 Å². The van der Waals surface area contributed by atoms with Crippen LogP contribution < -0.4 is 0 Å². The molecule has 0 saturated heterocycles. The first kappa shape index (κ1) is 17.2. The van der Waals surface area contributed by atoms with E-state index < -0.39 is 29.6 Å². The Balaban J connectivity index is 2.88. The smallest absolute Gasteiger partial charge is 0.373 e. The van der Waals surface area contributed by atoms with Crippen molar-refractivity contribution in [3.8, 4) is 0 Å². The Hall–Kier alpha value is -0.890. The van der Waals surface area contributed by atoms with Crippen LogP contribution in [0.25, 0.3) is 0 Å². The van der Waals surface area contributed by atoms with Crippen molar-refractivity contribution in [1.29, 1.82) is 0 Å². The summed E-state index contributed by atoms with van der Waals surface area (Å²) in [4.78, 5) is 0.533. The van der Waals surface area contributed by atoms with Gasteiger partial charge in [-0.25, -0.2) is 0 Å². The van der Waals surface area contributed by atoms with Gasteiger partial charge in [0.05, 0.1) is 0 Å². The van der Waals surface area contributed by atoms with E-state index in [2.05, 4.69) is 0 Å². The zero-order valence-electron chi connectivity index (χ0n) is 10.3. The van der Waals surface area contributed by atoms with Gasteiger partial charge in [0.15, 0.2) is 0 Å². The molecule has 1 atom stereocenters. The molecule has 0 saturated carbocycles. The largest absolute Gasteiger partial charge is 0.426 e. The first-order valence-corrected chi connectivity index (χ1v) is 6.52. The summed E-state index contributed by atoms with van der Waals surface area (Å²) in [7, 11) is 0. The second kappa shape index (κ2) is 5.85. The van der Waals surface area contributed by atoms with Crippen LogP contribution in [-0.4, -0.2) is 28.8 Å². The van der Waals surface area contributed by atoms with E-state index in [9.17, 15) is 26.3 Å². The third kappa shape index (κ3) is 3.41. The predicted molar refractivity (Wildman–Crippen MR) is 63.4 cm³/mol. The van der Waals surface area contributed by atoms with E-state index in [4.69, 9.17) is 5.11 Å². The maximum absolute atomic E-state index is 12.6. The van der Waals surface area contributed by atoms with Crippen molar-refractivity contribution in [2.75, 3.05) is 5.75 Å². The highest BCUT2D eigenvalue weighted by Crippen LogP contribution is 2.48. The van der Waals surface area contributed by atoms with Crippen LogP contribution in [0.15, 0.2) is 35.2 Å². The van der Waals surface area contributed by atoms with Gasteiger partial charge in [-0.15, -0.1) is 11.8 Å². The number of hydrogen-bond donors (Lipinski definition) is 1. The summed E-state index contributed by atoms with van der Waals surface area (Å²) in [6, 6.07) is 8.05. The number of aliphatic hydroxyl groups is 1. The number of thioether (sulfide) groups is 1. The van der Waals surface area contributed by atoms with E-state index in [-0.39, 0.29) is 0 Å². The molecule has 0 spiro atoms. The lowest BCUT2D eigenvalue weighted by atomic mass is 9.89. The highest BCUT2D eigenvalue weighted by atomic mass is 32.2. The number of hydrogen-bond acceptors (Lipinski definition) is 2. The molecule has 0 aliphatic rings. The van der Waals surface area contributed by atoms with Crippen LogP contribution in [0.5, 0.6) is 0 Å². The fourth-order valence-electron chi connectivity index (χ4n) is 1.58. The zero-order chi connectivity index (χ0) is 15.6. The quantitative estimate of drug-likeness (QED) is 0.661. The maximum atomic E-state index is 12.6. The summed E-state index contributed by atoms with van der Waals surface area (Å²) in [6.45, 7) is 0.733. The SMILES string of the molecule is CC(CSc1ccccc1)C(O)(C(F)(F)F)C(F)(F)F. The molecule has 1 unspecified atom stereocenters. The minimum absolute atomic E-state index is 0.514. The molecule has 1 nitrogen and oxygen atoms in total. The first-order valence-electron chi connectivity index (χ1n) is 5.54. The van der Waals surface area contributed by atoms with Gasteiger partial charge in [0.25, 0.3) is 5.60 Å². The summed E-state index contributed by atoms with van der Waals surface area (Å²) in [5.41, 5.74) is -4.71. The van der Waals surface area contributed by atoms with E-state index in [1.54, 1.807) is 30.3 Å². The topological polar surface area (TPSA) is 20.2 Å². The van der Waals surface area contributed by atoms with Crippen LogP contribution >= 0.6 is 11.8 Å². The monoisotopic (exact) mass is 318 g/mol. The van der Waals surface area contributed by atoms with Gasteiger partial charge < -0.3 is 5.11 Å². The van der Waals surface area contributed by atoms with Crippen LogP contribution in [-0.2, 0) is 0 Å². The highest BCUT2D eigenvalue weighted by molar-refractivity contribution is 7.99. The molecule has 20 heavy (non-hydrogen) atoms. The van der Waals surface area contributed by atoms with Crippen molar-refractivity contribution >= 4 is 11.8 Å². The molecule has 1 N–H and O–H groups in total. The van der Waals surface area contributed by atoms with Crippen molar-refractivity contribution in [2.45, 2.75) is 29.8 Å². The Morgan fingerprint density at radius 3 is 1.85 bits per heavy atom. The first-order chi connectivity index (χ1) is 9.00. The third-order valence-corrected chi connectivity index (χ3v) is 4.09. The maximum Gasteiger partial charge on any atom is 0.426 e. The molecule has 0 amide bonds. The minimum atomic E-state index is -5.78. The second-order valence-corrected chi connectivity index (χ2v) is 5.38. The van der Waals surface area contributed by atoms with Gasteiger partial charge in [0.2, 0.25) is 0 Å². The van der Waals surface area contributed by atoms with Gasteiger partial charge in [-0.2, -0.15) is 26.3 Å². The summed E-state index contributed by atoms with van der Waals surface area (Å²) in [5, 5.41) is 9.17. The van der Waals surface area contributed by atoms with E-state index >= 15 is 0 Å². The summed E-state index contributed by atoms with van der Waals surface area (Å²) in [5.74, 6) is -2.55. The van der Waals surface area contributed by atoms with Gasteiger partial charge in [0, 0.05) is 16.6 Å². The molecule has 114 valence electrons. The van der Waals surface area contributed by atoms with Crippen LogP contribution in [0.1, 0.15) is 6.92 Å². The van der Waals surface area contributed by atoms with Crippen molar-refractivity contribution < 1.29 is 31.4 Å². The molecule has 0 radical (unpaired) electrons. The zero-order valence-corrected chi connectivity index (χ0v) is 11.1. The molecule has 0 aromatic heterocycles. The summed E-state index contributed by atoms with van der Waals surface area (Å²) in [6.07, 6.45) is -11.6. The van der Waals surface area contributed by atoms with E-state index in [1.807, 2.05) is 0 Å². The van der Waals surface area contributed by atoms with E-state index in [1.165, 1.54) is 0 Å². The molecule has 8 heteroatoms. The Bertz CT molecular complexity index is 414. The van der Waals surface area contributed by atoms with Crippen molar-refractivity contribution in [3.05, 3.63) is 30.3 Å². The molecule has 1 aromatic rings. The molecule has 1 rings (SSSR count). The fraction of sp³-hybridized carbons (Fsp3) is 0.500. The molecule has 0 aliphatic carbocycles. The lowest BCUT2D eigenvalue weighted by Crippen LogP contribution is -2.61. The molecular weight excluding hydrogens is 306 g/mol. The van der Waals surface area contributed by atoms with E-state index in [0.29, 0.717) is 4.90 Å². The average Bonchev–Trinajstić information content (AvgIpc) is 2.33. The third-order valence-electron chi connectivity index (χ3n) is 2.82. The number of halogens is 6. The van der Waals surface area contributed by atoms with Crippen LogP contribution in [0.3, 0.4) is 0 Å². The molecule has 0 aliphatic heterocycles. The van der Waals surface area contributed by atoms with Crippen molar-refractivity contribution in [2.24, 2.45) is 5.92 Å². The highest BCUT2D eigenvalue weighted by Gasteiger charge is 2.72. The van der Waals surface area contributed by atoms with Crippen LogP contribution in [0.2, 0.25) is 0 Å². The Labute approximate surface area is 116 Å². The van der Waals surface area contributed by atoms with Crippen LogP contribution in [0, 0.1) is 5.92 Å². The average molecular weight is 318 g/mol. The molecular formula is C12H12F6OS. The minimum Gasteiger partial charge on any atom is -0.373 e. The Kier molecular flexibility index (Phi) is 5.02. The number of benzene rings is 1. The molecule has 1 aromatic carbocycles. The lowest BCUT2D eigenvalue weighted by Gasteiger charge is -2.37. The van der Waals surface area contributed by atoms with E-state index in [0.717, 1.165) is 18.7 Å². The normalized spacial score (nSPS) is 15.2. The molecule has 0 bridgehead atoms. The Morgan fingerprint density at radius 2 is 1.45 bits per heavy atom. The van der Waals surface area contributed by atoms with Gasteiger partial charge >= 0.3 is 12.4 Å². The molecule has 0 fully saturated rings. The van der Waals surface area contributed by atoms with Crippen molar-refractivity contribution in [3.63, 3.8) is 0 Å². The molecule has 0 heterocycles. The van der Waals surface area contributed by atoms with Crippen LogP contribution in [0.4, 0.5) is 26.3 Å². The van der Waals surface area contributed by atoms with Gasteiger partial charge in [-0.3, -0.25) is 0 Å².